The van der Waals surface area contributed by atoms with Crippen LogP contribution in [0.2, 0.25) is 13.1 Å². The number of rotatable bonds is 1. The number of halogens is 2. The van der Waals surface area contributed by atoms with Gasteiger partial charge in [0, 0.05) is 9.52 Å². The van der Waals surface area contributed by atoms with E-state index in [1.165, 1.54) is 22.4 Å². The molecule has 1 unspecified atom stereocenters. The van der Waals surface area contributed by atoms with Gasteiger partial charge in [0.2, 0.25) is 0 Å². The fourth-order valence-corrected chi connectivity index (χ4v) is 2.63. The van der Waals surface area contributed by atoms with Crippen molar-refractivity contribution in [2.45, 2.75) is 67.1 Å². The summed E-state index contributed by atoms with van der Waals surface area (Å²) in [6, 6.07) is 0. The van der Waals surface area contributed by atoms with Crippen LogP contribution >= 0.6 is 24.8 Å². The van der Waals surface area contributed by atoms with Crippen LogP contribution in [0, 0.1) is 5.92 Å². The fourth-order valence-electron chi connectivity index (χ4n) is 2.07. The second kappa shape index (κ2) is 10.5. The standard InChI is InChI=1S/C13H22N.C2H8Si.2ClH.Ti/c1-8-9(2)11(4)12(10(8)3)14-13(5,6)7;1-3-2;;;/h10H,1-7H3;3H2,1-2H3;2*1H;/q-1;;;;+1. The summed E-state index contributed by atoms with van der Waals surface area (Å²) in [4.78, 5) is 0. The van der Waals surface area contributed by atoms with Crippen molar-refractivity contribution in [2.24, 2.45) is 5.92 Å². The van der Waals surface area contributed by atoms with Gasteiger partial charge in [-0.1, -0.05) is 13.1 Å². The molecule has 0 radical (unpaired) electrons. The van der Waals surface area contributed by atoms with Crippen LogP contribution in [0.3, 0.4) is 0 Å². The van der Waals surface area contributed by atoms with E-state index in [0.717, 1.165) is 0 Å². The number of hydrogen-bond acceptors (Lipinski definition) is 1. The molecular formula is C15H32Cl2NSiTi. The molecule has 0 saturated carbocycles. The van der Waals surface area contributed by atoms with Crippen LogP contribution in [0.1, 0.15) is 48.5 Å². The van der Waals surface area contributed by atoms with Crippen molar-refractivity contribution >= 4 is 34.3 Å². The Balaban J connectivity index is -0.000000530. The molecule has 1 aliphatic carbocycles. The Hall–Kier alpha value is 0.791. The Morgan fingerprint density at radius 1 is 1.00 bits per heavy atom. The maximum absolute atomic E-state index is 2.42. The molecule has 0 aromatic rings. The molecule has 0 saturated heterocycles. The van der Waals surface area contributed by atoms with E-state index in [1.807, 2.05) is 0 Å². The molecule has 0 N–H and O–H groups in total. The maximum Gasteiger partial charge on any atom is 0.0135 e. The van der Waals surface area contributed by atoms with Crippen molar-refractivity contribution in [3.05, 3.63) is 22.4 Å². The zero-order valence-corrected chi connectivity index (χ0v) is 19.2. The van der Waals surface area contributed by atoms with Gasteiger partial charge in [0.15, 0.2) is 0 Å². The maximum atomic E-state index is 2.42. The average molecular weight is 373 g/mol. The third kappa shape index (κ3) is 6.27. The van der Waals surface area contributed by atoms with Crippen LogP contribution in [0.15, 0.2) is 22.4 Å². The van der Waals surface area contributed by atoms with Crippen molar-refractivity contribution in [1.82, 2.24) is 3.38 Å². The van der Waals surface area contributed by atoms with Crippen LogP contribution in [0.4, 0.5) is 0 Å². The Kier molecular flexibility index (Phi) is 13.5. The van der Waals surface area contributed by atoms with Crippen molar-refractivity contribution in [1.29, 1.82) is 0 Å². The zero-order chi connectivity index (χ0) is 14.7. The topological polar surface area (TPSA) is 3.24 Å². The van der Waals surface area contributed by atoms with E-state index in [4.69, 9.17) is 0 Å². The van der Waals surface area contributed by atoms with Crippen LogP contribution in [-0.2, 0) is 20.7 Å². The van der Waals surface area contributed by atoms with Gasteiger partial charge in [-0.3, -0.25) is 0 Å². The molecule has 0 aromatic heterocycles. The quantitative estimate of drug-likeness (QED) is 0.591. The predicted octanol–water partition coefficient (Wildman–Crippen LogP) is 4.90. The zero-order valence-electron chi connectivity index (χ0n) is 14.5. The molecule has 0 aromatic carbocycles. The first-order valence-electron chi connectivity index (χ1n) is 6.99. The summed E-state index contributed by atoms with van der Waals surface area (Å²) in [5, 5.41) is 0. The van der Waals surface area contributed by atoms with Crippen LogP contribution < -0.4 is 0 Å². The Morgan fingerprint density at radius 3 is 1.55 bits per heavy atom. The molecule has 1 rings (SSSR count). The minimum atomic E-state index is 0. The van der Waals surface area contributed by atoms with Crippen molar-refractivity contribution < 1.29 is 20.7 Å². The summed E-state index contributed by atoms with van der Waals surface area (Å²) in [6.07, 6.45) is 0. The second-order valence-electron chi connectivity index (χ2n) is 6.25. The summed E-state index contributed by atoms with van der Waals surface area (Å²) in [5.41, 5.74) is 6.18. The van der Waals surface area contributed by atoms with Gasteiger partial charge in [-0.15, -0.1) is 24.8 Å². The molecule has 0 spiro atoms. The van der Waals surface area contributed by atoms with Crippen LogP contribution in [0.5, 0.6) is 0 Å². The van der Waals surface area contributed by atoms with Gasteiger partial charge in [0.25, 0.3) is 0 Å². The summed E-state index contributed by atoms with van der Waals surface area (Å²) < 4.78 is 2.42. The van der Waals surface area contributed by atoms with E-state index in [-0.39, 0.29) is 30.4 Å². The molecule has 1 nitrogen and oxygen atoms in total. The molecule has 5 heteroatoms. The van der Waals surface area contributed by atoms with Crippen molar-refractivity contribution in [2.75, 3.05) is 0 Å². The molecule has 0 heterocycles. The van der Waals surface area contributed by atoms with Crippen LogP contribution in [-0.4, -0.2) is 18.4 Å². The Labute approximate surface area is 153 Å². The first kappa shape index (κ1) is 25.7. The van der Waals surface area contributed by atoms with E-state index in [1.54, 1.807) is 0 Å². The SMILES string of the molecule is CC1=C(C)C(C)C([N]([Ti])C(C)(C)C)=C1C.C[SiH2]C.Cl.Cl. The number of hydrogen-bond donors (Lipinski definition) is 0. The minimum absolute atomic E-state index is 0. The van der Waals surface area contributed by atoms with Crippen molar-refractivity contribution in [3.8, 4) is 0 Å². The third-order valence-corrected chi connectivity index (χ3v) is 4.93. The van der Waals surface area contributed by atoms with Gasteiger partial charge >= 0.3 is 106 Å². The van der Waals surface area contributed by atoms with Gasteiger partial charge in [0.1, 0.15) is 0 Å². The Morgan fingerprint density at radius 2 is 1.35 bits per heavy atom. The molecule has 0 fully saturated rings. The van der Waals surface area contributed by atoms with Crippen LogP contribution in [0.25, 0.3) is 0 Å². The number of nitrogens with zero attached hydrogens (tertiary/aromatic N) is 1. The third-order valence-electron chi connectivity index (χ3n) is 3.51. The van der Waals surface area contributed by atoms with Gasteiger partial charge in [0.05, 0.1) is 0 Å². The molecule has 1 atom stereocenters. The molecule has 0 bridgehead atoms. The predicted molar refractivity (Wildman–Crippen MR) is 96.6 cm³/mol. The summed E-state index contributed by atoms with van der Waals surface area (Å²) in [7, 11) is 0.417. The molecule has 0 amide bonds. The molecular weight excluding hydrogens is 341 g/mol. The van der Waals surface area contributed by atoms with E-state index in [2.05, 4.69) is 85.6 Å². The molecule has 0 aliphatic heterocycles. The van der Waals surface area contributed by atoms with Gasteiger partial charge in [-0.05, 0) is 0 Å². The molecule has 119 valence electrons. The minimum Gasteiger partial charge on any atom is -0.147 e. The molecule has 20 heavy (non-hydrogen) atoms. The summed E-state index contributed by atoms with van der Waals surface area (Å²) in [5.74, 6) is 0.578. The second-order valence-corrected chi connectivity index (χ2v) is 8.37. The van der Waals surface area contributed by atoms with Gasteiger partial charge in [-0.2, -0.15) is 0 Å². The van der Waals surface area contributed by atoms with E-state index in [9.17, 15) is 0 Å². The van der Waals surface area contributed by atoms with Gasteiger partial charge in [-0.25, -0.2) is 0 Å². The molecule has 1 aliphatic rings. The summed E-state index contributed by atoms with van der Waals surface area (Å²) >= 11 is 2.21. The fraction of sp³-hybridized carbons (Fsp3) is 0.733. The first-order valence-corrected chi connectivity index (χ1v) is 10.5. The van der Waals surface area contributed by atoms with Crippen molar-refractivity contribution in [3.63, 3.8) is 0 Å². The normalized spacial score (nSPS) is 17.9. The Bertz CT molecular complexity index is 359. The van der Waals surface area contributed by atoms with E-state index < -0.39 is 0 Å². The summed E-state index contributed by atoms with van der Waals surface area (Å²) in [6.45, 7) is 20.4. The van der Waals surface area contributed by atoms with E-state index in [0.29, 0.717) is 15.4 Å². The largest absolute Gasteiger partial charge is 0.147 e. The monoisotopic (exact) mass is 372 g/mol. The smallest absolute Gasteiger partial charge is 0.0135 e. The average Bonchev–Trinajstić information content (AvgIpc) is 2.43. The van der Waals surface area contributed by atoms with Gasteiger partial charge < -0.3 is 0 Å². The first-order chi connectivity index (χ1) is 8.09. The number of allylic oxidation sites excluding steroid dienone is 3. The van der Waals surface area contributed by atoms with E-state index >= 15 is 0 Å².